The number of benzene rings is 1. The maximum absolute atomic E-state index is 12.5. The van der Waals surface area contributed by atoms with Crippen molar-refractivity contribution in [3.8, 4) is 0 Å². The zero-order chi connectivity index (χ0) is 18.2. The highest BCUT2D eigenvalue weighted by molar-refractivity contribution is 6.06. The highest BCUT2D eigenvalue weighted by atomic mass is 16.2. The van der Waals surface area contributed by atoms with Crippen molar-refractivity contribution < 1.29 is 14.4 Å². The van der Waals surface area contributed by atoms with E-state index < -0.39 is 17.6 Å². The van der Waals surface area contributed by atoms with Crippen molar-refractivity contribution in [2.45, 2.75) is 38.8 Å². The van der Waals surface area contributed by atoms with Crippen molar-refractivity contribution in [1.82, 2.24) is 20.5 Å². The van der Waals surface area contributed by atoms with Gasteiger partial charge in [-0.25, -0.2) is 4.79 Å². The van der Waals surface area contributed by atoms with Gasteiger partial charge in [0.1, 0.15) is 12.6 Å². The molecular weight excluding hydrogens is 320 g/mol. The molecule has 7 nitrogen and oxygen atoms in total. The molecule has 1 saturated heterocycles. The number of urea groups is 1. The number of carbonyl (C=O) groups is 3. The van der Waals surface area contributed by atoms with Gasteiger partial charge in [0.2, 0.25) is 5.91 Å². The molecule has 1 atom stereocenters. The number of para-hydroxylation sites is 1. The van der Waals surface area contributed by atoms with Gasteiger partial charge in [-0.05, 0) is 32.4 Å². The predicted molar refractivity (Wildman–Crippen MR) is 93.9 cm³/mol. The molecule has 1 aromatic carbocycles. The second-order valence-corrected chi connectivity index (χ2v) is 7.29. The van der Waals surface area contributed by atoms with Crippen LogP contribution in [-0.4, -0.2) is 45.9 Å². The largest absolute Gasteiger partial charge is 0.361 e. The van der Waals surface area contributed by atoms with E-state index in [0.717, 1.165) is 21.4 Å². The Morgan fingerprint density at radius 3 is 2.68 bits per heavy atom. The molecule has 25 heavy (non-hydrogen) atoms. The topological polar surface area (TPSA) is 94.3 Å². The monoisotopic (exact) mass is 342 g/mol. The summed E-state index contributed by atoms with van der Waals surface area (Å²) in [6.45, 7) is 5.26. The molecule has 1 aliphatic heterocycles. The van der Waals surface area contributed by atoms with Crippen LogP contribution >= 0.6 is 0 Å². The normalized spacial score (nSPS) is 17.9. The van der Waals surface area contributed by atoms with E-state index >= 15 is 0 Å². The van der Waals surface area contributed by atoms with Crippen LogP contribution in [0.4, 0.5) is 4.79 Å². The molecule has 1 fully saturated rings. The summed E-state index contributed by atoms with van der Waals surface area (Å²) in [6.07, 6.45) is 2.23. The number of nitrogens with one attached hydrogen (secondary N) is 3. The minimum absolute atomic E-state index is 0.272. The van der Waals surface area contributed by atoms with Gasteiger partial charge in [0.25, 0.3) is 5.91 Å². The second kappa shape index (κ2) is 6.23. The number of aromatic amines is 1. The summed E-state index contributed by atoms with van der Waals surface area (Å²) >= 11 is 0. The molecule has 1 aromatic heterocycles. The van der Waals surface area contributed by atoms with Gasteiger partial charge in [-0.15, -0.1) is 0 Å². The molecular formula is C18H22N4O3. The predicted octanol–water partition coefficient (Wildman–Crippen LogP) is 1.55. The molecule has 0 aliphatic carbocycles. The average Bonchev–Trinajstić information content (AvgIpc) is 3.03. The zero-order valence-corrected chi connectivity index (χ0v) is 14.6. The summed E-state index contributed by atoms with van der Waals surface area (Å²) < 4.78 is 0. The van der Waals surface area contributed by atoms with Gasteiger partial charge < -0.3 is 15.6 Å². The molecule has 3 N–H and O–H groups in total. The van der Waals surface area contributed by atoms with E-state index in [4.69, 9.17) is 0 Å². The van der Waals surface area contributed by atoms with Crippen LogP contribution in [0.15, 0.2) is 30.5 Å². The lowest BCUT2D eigenvalue weighted by Gasteiger charge is -2.22. The van der Waals surface area contributed by atoms with Gasteiger partial charge >= 0.3 is 6.03 Å². The number of H-pyrrole nitrogens is 1. The van der Waals surface area contributed by atoms with Gasteiger partial charge in [0, 0.05) is 29.1 Å². The summed E-state index contributed by atoms with van der Waals surface area (Å²) in [4.78, 5) is 40.8. The number of rotatable bonds is 4. The Morgan fingerprint density at radius 1 is 1.24 bits per heavy atom. The lowest BCUT2D eigenvalue weighted by Crippen LogP contribution is -2.47. The van der Waals surface area contributed by atoms with Gasteiger partial charge in [-0.1, -0.05) is 18.2 Å². The van der Waals surface area contributed by atoms with Crippen molar-refractivity contribution in [1.29, 1.82) is 0 Å². The molecule has 7 heteroatoms. The lowest BCUT2D eigenvalue weighted by atomic mass is 10.1. The lowest BCUT2D eigenvalue weighted by molar-refractivity contribution is -0.132. The first-order valence-corrected chi connectivity index (χ1v) is 8.22. The van der Waals surface area contributed by atoms with E-state index in [2.05, 4.69) is 15.6 Å². The molecule has 0 radical (unpaired) electrons. The Hall–Kier alpha value is -2.83. The average molecular weight is 342 g/mol. The van der Waals surface area contributed by atoms with E-state index in [1.54, 1.807) is 0 Å². The van der Waals surface area contributed by atoms with E-state index in [0.29, 0.717) is 6.42 Å². The number of hydrogen-bond acceptors (Lipinski definition) is 3. The highest BCUT2D eigenvalue weighted by Crippen LogP contribution is 2.21. The fourth-order valence-corrected chi connectivity index (χ4v) is 2.99. The van der Waals surface area contributed by atoms with Crippen molar-refractivity contribution >= 4 is 28.7 Å². The van der Waals surface area contributed by atoms with Gasteiger partial charge in [0.15, 0.2) is 0 Å². The van der Waals surface area contributed by atoms with Crippen LogP contribution in [-0.2, 0) is 16.0 Å². The summed E-state index contributed by atoms with van der Waals surface area (Å²) in [5.41, 5.74) is 1.52. The van der Waals surface area contributed by atoms with Gasteiger partial charge in [0.05, 0.1) is 0 Å². The number of fused-ring (bicyclic) bond motifs is 1. The number of carbonyl (C=O) groups excluding carboxylic acids is 3. The molecule has 1 unspecified atom stereocenters. The van der Waals surface area contributed by atoms with Crippen LogP contribution in [0.3, 0.4) is 0 Å². The molecule has 2 aromatic rings. The Bertz CT molecular complexity index is 834. The quantitative estimate of drug-likeness (QED) is 0.736. The number of nitrogens with zero attached hydrogens (tertiary/aromatic N) is 1. The van der Waals surface area contributed by atoms with Crippen molar-refractivity contribution in [3.05, 3.63) is 36.0 Å². The first-order valence-electron chi connectivity index (χ1n) is 8.22. The number of aromatic nitrogens is 1. The molecule has 3 rings (SSSR count). The van der Waals surface area contributed by atoms with E-state index in [1.165, 1.54) is 0 Å². The van der Waals surface area contributed by atoms with Gasteiger partial charge in [-0.2, -0.15) is 0 Å². The Labute approximate surface area is 145 Å². The zero-order valence-electron chi connectivity index (χ0n) is 14.6. The van der Waals surface area contributed by atoms with E-state index in [1.807, 2.05) is 51.2 Å². The maximum Gasteiger partial charge on any atom is 0.325 e. The third-order valence-corrected chi connectivity index (χ3v) is 4.02. The van der Waals surface area contributed by atoms with Crippen molar-refractivity contribution in [3.63, 3.8) is 0 Å². The van der Waals surface area contributed by atoms with Crippen molar-refractivity contribution in [2.24, 2.45) is 0 Å². The molecule has 132 valence electrons. The molecule has 1 aliphatic rings. The van der Waals surface area contributed by atoms with Crippen LogP contribution in [0.2, 0.25) is 0 Å². The SMILES string of the molecule is CC(C)(C)NC(=O)CN1C(=O)NC(Cc2c[nH]c3ccccc23)C1=O. The Morgan fingerprint density at radius 2 is 1.96 bits per heavy atom. The number of imide groups is 1. The Balaban J connectivity index is 1.70. The molecule has 2 heterocycles. The maximum atomic E-state index is 12.5. The summed E-state index contributed by atoms with van der Waals surface area (Å²) in [5.74, 6) is -0.733. The third kappa shape index (κ3) is 3.65. The fourth-order valence-electron chi connectivity index (χ4n) is 2.99. The molecule has 4 amide bonds. The highest BCUT2D eigenvalue weighted by Gasteiger charge is 2.39. The van der Waals surface area contributed by atoms with Crippen LogP contribution in [0.25, 0.3) is 10.9 Å². The van der Waals surface area contributed by atoms with Crippen LogP contribution < -0.4 is 10.6 Å². The van der Waals surface area contributed by atoms with Crippen LogP contribution in [0.1, 0.15) is 26.3 Å². The first kappa shape index (κ1) is 17.0. The summed E-state index contributed by atoms with van der Waals surface area (Å²) in [7, 11) is 0. The first-order chi connectivity index (χ1) is 11.7. The van der Waals surface area contributed by atoms with E-state index in [-0.39, 0.29) is 18.4 Å². The van der Waals surface area contributed by atoms with E-state index in [9.17, 15) is 14.4 Å². The third-order valence-electron chi connectivity index (χ3n) is 4.02. The Kier molecular flexibility index (Phi) is 4.24. The number of hydrogen-bond donors (Lipinski definition) is 3. The molecule has 0 spiro atoms. The minimum Gasteiger partial charge on any atom is -0.361 e. The molecule has 0 saturated carbocycles. The van der Waals surface area contributed by atoms with Crippen LogP contribution in [0, 0.1) is 0 Å². The second-order valence-electron chi connectivity index (χ2n) is 7.29. The number of amides is 4. The van der Waals surface area contributed by atoms with Gasteiger partial charge in [-0.3, -0.25) is 14.5 Å². The van der Waals surface area contributed by atoms with Crippen molar-refractivity contribution in [2.75, 3.05) is 6.54 Å². The standard InChI is InChI=1S/C18H22N4O3/c1-18(2,3)21-15(23)10-22-16(24)14(20-17(22)25)8-11-9-19-13-7-5-4-6-12(11)13/h4-7,9,14,19H,8,10H2,1-3H3,(H,20,25)(H,21,23). The minimum atomic E-state index is -0.658. The summed E-state index contributed by atoms with van der Waals surface area (Å²) in [6, 6.07) is 6.60. The summed E-state index contributed by atoms with van der Waals surface area (Å²) in [5, 5.41) is 6.44. The molecule has 0 bridgehead atoms. The van der Waals surface area contributed by atoms with Crippen LogP contribution in [0.5, 0.6) is 0 Å². The smallest absolute Gasteiger partial charge is 0.325 e. The fraction of sp³-hybridized carbons (Fsp3) is 0.389.